The normalized spacial score (nSPS) is 13.8. The molecule has 0 aliphatic heterocycles. The summed E-state index contributed by atoms with van der Waals surface area (Å²) in [4.78, 5) is 0. The predicted octanol–water partition coefficient (Wildman–Crippen LogP) is 4.50. The fourth-order valence-corrected chi connectivity index (χ4v) is 2.28. The van der Waals surface area contributed by atoms with Crippen molar-refractivity contribution in [1.29, 1.82) is 0 Å². The van der Waals surface area contributed by atoms with E-state index in [4.69, 9.17) is 4.74 Å². The van der Waals surface area contributed by atoms with Gasteiger partial charge in [0.05, 0.1) is 0 Å². The SMILES string of the molecule is CCNC(C)c1cccc(OC(C)c2ccccc2)c1. The van der Waals surface area contributed by atoms with Crippen molar-refractivity contribution in [3.05, 3.63) is 65.7 Å². The third kappa shape index (κ3) is 3.84. The van der Waals surface area contributed by atoms with E-state index in [1.54, 1.807) is 0 Å². The molecule has 0 aliphatic rings. The summed E-state index contributed by atoms with van der Waals surface area (Å²) in [6, 6.07) is 19.0. The van der Waals surface area contributed by atoms with Gasteiger partial charge in [-0.1, -0.05) is 49.4 Å². The number of rotatable bonds is 6. The van der Waals surface area contributed by atoms with E-state index in [-0.39, 0.29) is 6.10 Å². The van der Waals surface area contributed by atoms with Crippen LogP contribution in [0.1, 0.15) is 44.0 Å². The average Bonchev–Trinajstić information content (AvgIpc) is 2.48. The Morgan fingerprint density at radius 1 is 0.950 bits per heavy atom. The molecule has 0 saturated carbocycles. The Labute approximate surface area is 121 Å². The zero-order valence-electron chi connectivity index (χ0n) is 12.5. The second kappa shape index (κ2) is 7.11. The first kappa shape index (κ1) is 14.6. The smallest absolute Gasteiger partial charge is 0.121 e. The number of nitrogens with one attached hydrogen (secondary N) is 1. The van der Waals surface area contributed by atoms with Crippen LogP contribution in [0.4, 0.5) is 0 Å². The molecule has 2 atom stereocenters. The van der Waals surface area contributed by atoms with Gasteiger partial charge in [-0.2, -0.15) is 0 Å². The molecule has 0 radical (unpaired) electrons. The summed E-state index contributed by atoms with van der Waals surface area (Å²) in [5.74, 6) is 0.920. The summed E-state index contributed by atoms with van der Waals surface area (Å²) in [5.41, 5.74) is 2.45. The van der Waals surface area contributed by atoms with Crippen molar-refractivity contribution in [2.45, 2.75) is 32.9 Å². The minimum Gasteiger partial charge on any atom is -0.486 e. The molecule has 0 spiro atoms. The summed E-state index contributed by atoms with van der Waals surface area (Å²) in [7, 11) is 0. The zero-order valence-corrected chi connectivity index (χ0v) is 12.5. The maximum atomic E-state index is 6.04. The molecule has 0 saturated heterocycles. The summed E-state index contributed by atoms with van der Waals surface area (Å²) in [6.07, 6.45) is 0.0564. The molecule has 0 aromatic heterocycles. The van der Waals surface area contributed by atoms with Gasteiger partial charge in [0.2, 0.25) is 0 Å². The zero-order chi connectivity index (χ0) is 14.4. The highest BCUT2D eigenvalue weighted by Gasteiger charge is 2.09. The molecule has 2 aromatic carbocycles. The van der Waals surface area contributed by atoms with Gasteiger partial charge in [0.25, 0.3) is 0 Å². The molecule has 2 nitrogen and oxygen atoms in total. The molecule has 20 heavy (non-hydrogen) atoms. The highest BCUT2D eigenvalue weighted by molar-refractivity contribution is 5.31. The second-order valence-electron chi connectivity index (χ2n) is 5.02. The quantitative estimate of drug-likeness (QED) is 0.834. The Balaban J connectivity index is 2.08. The first-order chi connectivity index (χ1) is 9.70. The van der Waals surface area contributed by atoms with Crippen LogP contribution in [0.2, 0.25) is 0 Å². The van der Waals surface area contributed by atoms with Crippen LogP contribution >= 0.6 is 0 Å². The van der Waals surface area contributed by atoms with E-state index in [0.29, 0.717) is 6.04 Å². The summed E-state index contributed by atoms with van der Waals surface area (Å²) in [6.45, 7) is 7.33. The van der Waals surface area contributed by atoms with E-state index in [9.17, 15) is 0 Å². The van der Waals surface area contributed by atoms with Crippen LogP contribution in [-0.2, 0) is 0 Å². The van der Waals surface area contributed by atoms with Gasteiger partial charge >= 0.3 is 0 Å². The van der Waals surface area contributed by atoms with Gasteiger partial charge in [0.1, 0.15) is 11.9 Å². The fraction of sp³-hybridized carbons (Fsp3) is 0.333. The molecule has 0 bridgehead atoms. The first-order valence-electron chi connectivity index (χ1n) is 7.25. The number of ether oxygens (including phenoxy) is 1. The summed E-state index contributed by atoms with van der Waals surface area (Å²) < 4.78 is 6.04. The van der Waals surface area contributed by atoms with Crippen LogP contribution in [0, 0.1) is 0 Å². The lowest BCUT2D eigenvalue weighted by atomic mass is 10.1. The van der Waals surface area contributed by atoms with Gasteiger partial charge in [0.15, 0.2) is 0 Å². The third-order valence-corrected chi connectivity index (χ3v) is 3.45. The highest BCUT2D eigenvalue weighted by atomic mass is 16.5. The minimum atomic E-state index is 0.0564. The van der Waals surface area contributed by atoms with Crippen LogP contribution in [0.25, 0.3) is 0 Å². The van der Waals surface area contributed by atoms with Crippen molar-refractivity contribution in [1.82, 2.24) is 5.32 Å². The average molecular weight is 269 g/mol. The first-order valence-corrected chi connectivity index (χ1v) is 7.25. The molecule has 0 aliphatic carbocycles. The molecule has 2 rings (SSSR count). The van der Waals surface area contributed by atoms with Crippen molar-refractivity contribution in [3.63, 3.8) is 0 Å². The molecule has 1 N–H and O–H groups in total. The van der Waals surface area contributed by atoms with Crippen LogP contribution in [-0.4, -0.2) is 6.54 Å². The van der Waals surface area contributed by atoms with Gasteiger partial charge < -0.3 is 10.1 Å². The van der Waals surface area contributed by atoms with Crippen molar-refractivity contribution in [2.75, 3.05) is 6.54 Å². The highest BCUT2D eigenvalue weighted by Crippen LogP contribution is 2.24. The van der Waals surface area contributed by atoms with Crippen LogP contribution < -0.4 is 10.1 Å². The van der Waals surface area contributed by atoms with E-state index >= 15 is 0 Å². The lowest BCUT2D eigenvalue weighted by Gasteiger charge is -2.18. The molecule has 0 heterocycles. The van der Waals surface area contributed by atoms with E-state index in [2.05, 4.69) is 56.4 Å². The Morgan fingerprint density at radius 3 is 2.35 bits per heavy atom. The Hall–Kier alpha value is -1.80. The summed E-state index contributed by atoms with van der Waals surface area (Å²) in [5, 5.41) is 3.42. The van der Waals surface area contributed by atoms with Gasteiger partial charge in [-0.3, -0.25) is 0 Å². The third-order valence-electron chi connectivity index (χ3n) is 3.45. The molecule has 2 aromatic rings. The Morgan fingerprint density at radius 2 is 1.65 bits per heavy atom. The molecular weight excluding hydrogens is 246 g/mol. The maximum Gasteiger partial charge on any atom is 0.121 e. The molecule has 0 amide bonds. The van der Waals surface area contributed by atoms with Crippen molar-refractivity contribution < 1.29 is 4.74 Å². The Bertz CT molecular complexity index is 524. The fourth-order valence-electron chi connectivity index (χ4n) is 2.28. The van der Waals surface area contributed by atoms with E-state index < -0.39 is 0 Å². The molecular formula is C18H23NO. The molecule has 2 heteroatoms. The second-order valence-corrected chi connectivity index (χ2v) is 5.02. The van der Waals surface area contributed by atoms with Crippen LogP contribution in [0.15, 0.2) is 54.6 Å². The topological polar surface area (TPSA) is 21.3 Å². The Kier molecular flexibility index (Phi) is 5.19. The van der Waals surface area contributed by atoms with E-state index in [1.165, 1.54) is 11.1 Å². The minimum absolute atomic E-state index is 0.0564. The van der Waals surface area contributed by atoms with E-state index in [0.717, 1.165) is 12.3 Å². The lowest BCUT2D eigenvalue weighted by molar-refractivity contribution is 0.226. The predicted molar refractivity (Wildman–Crippen MR) is 84.0 cm³/mol. The monoisotopic (exact) mass is 269 g/mol. The van der Waals surface area contributed by atoms with Crippen LogP contribution in [0.5, 0.6) is 5.75 Å². The van der Waals surface area contributed by atoms with Crippen LogP contribution in [0.3, 0.4) is 0 Å². The molecule has 0 fully saturated rings. The number of benzene rings is 2. The van der Waals surface area contributed by atoms with Gasteiger partial charge in [-0.15, -0.1) is 0 Å². The maximum absolute atomic E-state index is 6.04. The van der Waals surface area contributed by atoms with E-state index in [1.807, 2.05) is 24.3 Å². The van der Waals surface area contributed by atoms with Crippen molar-refractivity contribution >= 4 is 0 Å². The number of hydrogen-bond donors (Lipinski definition) is 1. The van der Waals surface area contributed by atoms with Crippen molar-refractivity contribution in [3.8, 4) is 5.75 Å². The van der Waals surface area contributed by atoms with Gasteiger partial charge in [-0.05, 0) is 43.7 Å². The standard InChI is InChI=1S/C18H23NO/c1-4-19-14(2)17-11-8-12-18(13-17)20-15(3)16-9-6-5-7-10-16/h5-15,19H,4H2,1-3H3. The lowest BCUT2D eigenvalue weighted by Crippen LogP contribution is -2.17. The molecule has 2 unspecified atom stereocenters. The largest absolute Gasteiger partial charge is 0.486 e. The van der Waals surface area contributed by atoms with Crippen molar-refractivity contribution in [2.24, 2.45) is 0 Å². The summed E-state index contributed by atoms with van der Waals surface area (Å²) >= 11 is 0. The van der Waals surface area contributed by atoms with Gasteiger partial charge in [-0.25, -0.2) is 0 Å². The molecule has 106 valence electrons. The number of hydrogen-bond acceptors (Lipinski definition) is 2. The van der Waals surface area contributed by atoms with Gasteiger partial charge in [0, 0.05) is 6.04 Å².